The maximum absolute atomic E-state index is 10.6. The lowest BCUT2D eigenvalue weighted by molar-refractivity contribution is 0.00643. The molecule has 1 aromatic carbocycles. The molecule has 1 aliphatic heterocycles. The number of isocyanates is 1. The predicted octanol–water partition coefficient (Wildman–Crippen LogP) is 2.58. The van der Waals surface area contributed by atoms with Crippen LogP contribution in [0, 0.1) is 0 Å². The van der Waals surface area contributed by atoms with E-state index in [0.717, 1.165) is 37.9 Å². The van der Waals surface area contributed by atoms with Crippen LogP contribution in [-0.4, -0.2) is 32.5 Å². The van der Waals surface area contributed by atoms with Crippen LogP contribution >= 0.6 is 0 Å². The first-order valence-electron chi connectivity index (χ1n) is 7.29. The van der Waals surface area contributed by atoms with Crippen molar-refractivity contribution in [3.8, 4) is 11.5 Å². The Kier molecular flexibility index (Phi) is 3.95. The number of aliphatic imine (C=N–C) groups is 1. The first kappa shape index (κ1) is 14.1. The molecule has 1 saturated carbocycles. The van der Waals surface area contributed by atoms with Crippen LogP contribution in [0.25, 0.3) is 0 Å². The fourth-order valence-corrected chi connectivity index (χ4v) is 2.71. The van der Waals surface area contributed by atoms with Gasteiger partial charge >= 0.3 is 0 Å². The zero-order valence-corrected chi connectivity index (χ0v) is 12.1. The van der Waals surface area contributed by atoms with E-state index in [1.54, 1.807) is 13.2 Å². The highest BCUT2D eigenvalue weighted by Crippen LogP contribution is 2.50. The molecule has 5 heteroatoms. The van der Waals surface area contributed by atoms with Gasteiger partial charge in [0.15, 0.2) is 11.5 Å². The normalized spacial score (nSPS) is 23.0. The minimum Gasteiger partial charge on any atom is -0.493 e. The highest BCUT2D eigenvalue weighted by atomic mass is 16.5. The molecule has 0 amide bonds. The van der Waals surface area contributed by atoms with E-state index in [-0.39, 0.29) is 11.6 Å². The van der Waals surface area contributed by atoms with Gasteiger partial charge in [-0.15, -0.1) is 0 Å². The second-order valence-electron chi connectivity index (χ2n) is 5.56. The number of rotatable bonds is 5. The summed E-state index contributed by atoms with van der Waals surface area (Å²) in [6.45, 7) is 1.42. The van der Waals surface area contributed by atoms with Crippen molar-refractivity contribution in [3.63, 3.8) is 0 Å². The van der Waals surface area contributed by atoms with Crippen molar-refractivity contribution in [1.82, 2.24) is 0 Å². The van der Waals surface area contributed by atoms with Gasteiger partial charge in [0.2, 0.25) is 6.08 Å². The van der Waals surface area contributed by atoms with E-state index in [2.05, 4.69) is 4.99 Å². The SMILES string of the molecule is COc1cc(C2(N=C=O)CC2)ccc1OC1CCCOC1. The van der Waals surface area contributed by atoms with Crippen molar-refractivity contribution in [2.75, 3.05) is 20.3 Å². The van der Waals surface area contributed by atoms with Gasteiger partial charge in [-0.1, -0.05) is 6.07 Å². The fraction of sp³-hybridized carbons (Fsp3) is 0.562. The molecule has 1 saturated heterocycles. The summed E-state index contributed by atoms with van der Waals surface area (Å²) in [5.74, 6) is 1.38. The third kappa shape index (κ3) is 2.94. The molecule has 2 fully saturated rings. The average molecular weight is 289 g/mol. The molecule has 3 rings (SSSR count). The number of nitrogens with zero attached hydrogens (tertiary/aromatic N) is 1. The maximum atomic E-state index is 10.6. The Bertz CT molecular complexity index is 555. The smallest absolute Gasteiger partial charge is 0.235 e. The number of ether oxygens (including phenoxy) is 3. The quantitative estimate of drug-likeness (QED) is 0.617. The molecule has 1 heterocycles. The molecule has 1 aromatic rings. The van der Waals surface area contributed by atoms with Crippen LogP contribution in [0.3, 0.4) is 0 Å². The van der Waals surface area contributed by atoms with Crippen molar-refractivity contribution in [2.45, 2.75) is 37.3 Å². The molecule has 1 unspecified atom stereocenters. The number of hydrogen-bond donors (Lipinski definition) is 0. The lowest BCUT2D eigenvalue weighted by Crippen LogP contribution is -2.28. The van der Waals surface area contributed by atoms with Gasteiger partial charge in [-0.05, 0) is 43.4 Å². The molecule has 0 aromatic heterocycles. The molecule has 112 valence electrons. The van der Waals surface area contributed by atoms with E-state index in [1.807, 2.05) is 18.2 Å². The van der Waals surface area contributed by atoms with Crippen LogP contribution in [0.2, 0.25) is 0 Å². The van der Waals surface area contributed by atoms with Gasteiger partial charge in [-0.25, -0.2) is 4.79 Å². The first-order valence-corrected chi connectivity index (χ1v) is 7.29. The molecule has 0 N–H and O–H groups in total. The lowest BCUT2D eigenvalue weighted by atomic mass is 10.0. The van der Waals surface area contributed by atoms with Crippen molar-refractivity contribution in [3.05, 3.63) is 23.8 Å². The van der Waals surface area contributed by atoms with Crippen LogP contribution in [0.5, 0.6) is 11.5 Å². The van der Waals surface area contributed by atoms with Crippen LogP contribution in [0.15, 0.2) is 23.2 Å². The third-order valence-electron chi connectivity index (χ3n) is 4.10. The van der Waals surface area contributed by atoms with Gasteiger partial charge in [0.05, 0.1) is 19.3 Å². The third-order valence-corrected chi connectivity index (χ3v) is 4.10. The van der Waals surface area contributed by atoms with Crippen LogP contribution in [0.1, 0.15) is 31.2 Å². The van der Waals surface area contributed by atoms with Crippen molar-refractivity contribution in [1.29, 1.82) is 0 Å². The molecular weight excluding hydrogens is 270 g/mol. The van der Waals surface area contributed by atoms with Crippen molar-refractivity contribution in [2.24, 2.45) is 4.99 Å². The standard InChI is InChI=1S/C16H19NO4/c1-19-15-9-12(16(6-7-16)17-11-18)4-5-14(15)21-13-3-2-8-20-10-13/h4-5,9,13H,2-3,6-8,10H2,1H3. The fourth-order valence-electron chi connectivity index (χ4n) is 2.71. The maximum Gasteiger partial charge on any atom is 0.235 e. The first-order chi connectivity index (χ1) is 10.3. The van der Waals surface area contributed by atoms with E-state index < -0.39 is 0 Å². The summed E-state index contributed by atoms with van der Waals surface area (Å²) in [5.41, 5.74) is 0.594. The summed E-state index contributed by atoms with van der Waals surface area (Å²) in [6.07, 6.45) is 5.50. The molecular formula is C16H19NO4. The molecule has 1 atom stereocenters. The number of methoxy groups -OCH3 is 1. The molecule has 2 aliphatic rings. The Balaban J connectivity index is 1.80. The highest BCUT2D eigenvalue weighted by molar-refractivity contribution is 5.48. The lowest BCUT2D eigenvalue weighted by Gasteiger charge is -2.24. The zero-order chi connectivity index (χ0) is 14.7. The number of benzene rings is 1. The summed E-state index contributed by atoms with van der Waals surface area (Å²) in [7, 11) is 1.62. The van der Waals surface area contributed by atoms with E-state index >= 15 is 0 Å². The molecule has 0 bridgehead atoms. The topological polar surface area (TPSA) is 57.1 Å². The predicted molar refractivity (Wildman–Crippen MR) is 76.5 cm³/mol. The Morgan fingerprint density at radius 3 is 2.86 bits per heavy atom. The van der Waals surface area contributed by atoms with E-state index in [1.165, 1.54) is 0 Å². The van der Waals surface area contributed by atoms with Crippen LogP contribution < -0.4 is 9.47 Å². The summed E-state index contributed by atoms with van der Waals surface area (Å²) < 4.78 is 16.8. The molecule has 5 nitrogen and oxygen atoms in total. The second-order valence-corrected chi connectivity index (χ2v) is 5.56. The Hall–Kier alpha value is -1.84. The molecule has 1 aliphatic carbocycles. The van der Waals surface area contributed by atoms with Crippen molar-refractivity contribution >= 4 is 6.08 Å². The zero-order valence-electron chi connectivity index (χ0n) is 12.1. The Morgan fingerprint density at radius 1 is 1.38 bits per heavy atom. The molecule has 0 radical (unpaired) electrons. The Labute approximate surface area is 123 Å². The van der Waals surface area contributed by atoms with Gasteiger partial charge in [-0.2, -0.15) is 4.99 Å². The number of hydrogen-bond acceptors (Lipinski definition) is 5. The van der Waals surface area contributed by atoms with Crippen molar-refractivity contribution < 1.29 is 19.0 Å². The summed E-state index contributed by atoms with van der Waals surface area (Å²) in [6, 6.07) is 5.76. The van der Waals surface area contributed by atoms with Crippen LogP contribution in [0.4, 0.5) is 0 Å². The summed E-state index contributed by atoms with van der Waals surface area (Å²) in [5, 5.41) is 0. The van der Waals surface area contributed by atoms with Gasteiger partial charge < -0.3 is 14.2 Å². The van der Waals surface area contributed by atoms with E-state index in [4.69, 9.17) is 14.2 Å². The van der Waals surface area contributed by atoms with Gasteiger partial charge in [0, 0.05) is 6.61 Å². The van der Waals surface area contributed by atoms with Gasteiger partial charge in [-0.3, -0.25) is 0 Å². The monoisotopic (exact) mass is 289 g/mol. The largest absolute Gasteiger partial charge is 0.493 e. The minimum atomic E-state index is -0.387. The van der Waals surface area contributed by atoms with E-state index in [9.17, 15) is 4.79 Å². The van der Waals surface area contributed by atoms with Gasteiger partial charge in [0.1, 0.15) is 6.10 Å². The Morgan fingerprint density at radius 2 is 2.24 bits per heavy atom. The second kappa shape index (κ2) is 5.88. The average Bonchev–Trinajstić information content (AvgIpc) is 3.30. The molecule has 0 spiro atoms. The molecule has 21 heavy (non-hydrogen) atoms. The summed E-state index contributed by atoms with van der Waals surface area (Å²) >= 11 is 0. The van der Waals surface area contributed by atoms with Crippen LogP contribution in [-0.2, 0) is 15.1 Å². The number of carbonyl (C=O) groups excluding carboxylic acids is 1. The summed E-state index contributed by atoms with van der Waals surface area (Å²) in [4.78, 5) is 14.5. The van der Waals surface area contributed by atoms with E-state index in [0.29, 0.717) is 18.1 Å². The highest BCUT2D eigenvalue weighted by Gasteiger charge is 2.45. The minimum absolute atomic E-state index is 0.0707. The van der Waals surface area contributed by atoms with Gasteiger partial charge in [0.25, 0.3) is 0 Å².